The number of aromatic hydroxyl groups is 1. The van der Waals surface area contributed by atoms with E-state index in [1.165, 1.54) is 0 Å². The molecule has 0 saturated carbocycles. The molecule has 2 heteroatoms. The summed E-state index contributed by atoms with van der Waals surface area (Å²) in [5, 5.41) is 17.3. The number of phenolic OH excluding ortho intramolecular Hbond substituents is 1. The number of hydrogen-bond acceptors (Lipinski definition) is 2. The van der Waals surface area contributed by atoms with Crippen LogP contribution in [0.15, 0.2) is 24.3 Å². The maximum absolute atomic E-state index is 8.85. The van der Waals surface area contributed by atoms with Gasteiger partial charge in [-0.2, -0.15) is 0 Å². The van der Waals surface area contributed by atoms with Gasteiger partial charge in [0, 0.05) is 6.42 Å². The summed E-state index contributed by atoms with van der Waals surface area (Å²) in [4.78, 5) is 0. The van der Waals surface area contributed by atoms with Gasteiger partial charge in [-0.15, -0.1) is 0 Å². The highest BCUT2D eigenvalue weighted by atomic mass is 16.3. The summed E-state index contributed by atoms with van der Waals surface area (Å²) >= 11 is 0. The minimum absolute atomic E-state index is 0.0325. The predicted molar refractivity (Wildman–Crippen MR) is 38.6 cm³/mol. The Balaban J connectivity index is 2.69. The van der Waals surface area contributed by atoms with Crippen LogP contribution in [0.1, 0.15) is 5.56 Å². The molecule has 0 aliphatic rings. The van der Waals surface area contributed by atoms with Crippen LogP contribution in [0, 0.1) is 6.42 Å². The third-order valence-corrected chi connectivity index (χ3v) is 1.22. The number of rotatable bonds is 2. The Bertz CT molecular complexity index is 191. The van der Waals surface area contributed by atoms with Crippen LogP contribution >= 0.6 is 0 Å². The topological polar surface area (TPSA) is 40.5 Å². The summed E-state index contributed by atoms with van der Waals surface area (Å²) in [6.45, 7) is 0.0325. The maximum atomic E-state index is 8.85. The highest BCUT2D eigenvalue weighted by molar-refractivity contribution is 5.29. The molecule has 0 spiro atoms. The van der Waals surface area contributed by atoms with Crippen molar-refractivity contribution in [2.75, 3.05) is 6.61 Å². The van der Waals surface area contributed by atoms with Gasteiger partial charge in [0.25, 0.3) is 0 Å². The Hall–Kier alpha value is -1.02. The largest absolute Gasteiger partial charge is 0.508 e. The molecule has 0 aliphatic heterocycles. The summed E-state index contributed by atoms with van der Waals surface area (Å²) in [5.74, 6) is 0.245. The van der Waals surface area contributed by atoms with Crippen molar-refractivity contribution in [2.45, 2.75) is 0 Å². The summed E-state index contributed by atoms with van der Waals surface area (Å²) in [6, 6.07) is 6.65. The minimum atomic E-state index is 0.0325. The van der Waals surface area contributed by atoms with Crippen LogP contribution in [0.5, 0.6) is 5.75 Å². The monoisotopic (exact) mass is 137 g/mol. The van der Waals surface area contributed by atoms with Crippen molar-refractivity contribution < 1.29 is 10.2 Å². The lowest BCUT2D eigenvalue weighted by molar-refractivity contribution is 0.331. The van der Waals surface area contributed by atoms with Crippen LogP contribution in [-0.2, 0) is 0 Å². The van der Waals surface area contributed by atoms with E-state index in [2.05, 4.69) is 0 Å². The number of hydrogen-bond donors (Lipinski definition) is 2. The van der Waals surface area contributed by atoms with Gasteiger partial charge in [0.15, 0.2) is 0 Å². The normalized spacial score (nSPS) is 9.70. The molecule has 53 valence electrons. The first-order chi connectivity index (χ1) is 4.83. The van der Waals surface area contributed by atoms with Gasteiger partial charge in [0.1, 0.15) is 5.75 Å². The number of aliphatic hydroxyl groups excluding tert-OH is 1. The van der Waals surface area contributed by atoms with Gasteiger partial charge in [-0.3, -0.25) is 0 Å². The molecule has 10 heavy (non-hydrogen) atoms. The average Bonchev–Trinajstić information content (AvgIpc) is 1.95. The smallest absolute Gasteiger partial charge is 0.115 e. The van der Waals surface area contributed by atoms with E-state index in [0.717, 1.165) is 5.56 Å². The molecule has 0 amide bonds. The van der Waals surface area contributed by atoms with Crippen LogP contribution in [0.4, 0.5) is 0 Å². The molecule has 2 N–H and O–H groups in total. The second kappa shape index (κ2) is 3.22. The molecule has 0 unspecified atom stereocenters. The lowest BCUT2D eigenvalue weighted by Gasteiger charge is -1.95. The van der Waals surface area contributed by atoms with Gasteiger partial charge in [0.2, 0.25) is 0 Å². The molecular weight excluding hydrogens is 128 g/mol. The summed E-state index contributed by atoms with van der Waals surface area (Å²) in [6.07, 6.45) is 1.67. The number of benzene rings is 1. The number of phenols is 1. The van der Waals surface area contributed by atoms with E-state index in [1.807, 2.05) is 0 Å². The van der Waals surface area contributed by atoms with E-state index in [1.54, 1.807) is 30.7 Å². The number of aliphatic hydroxyl groups is 1. The minimum Gasteiger partial charge on any atom is -0.508 e. The molecule has 0 saturated heterocycles. The van der Waals surface area contributed by atoms with E-state index in [9.17, 15) is 0 Å². The fourth-order valence-corrected chi connectivity index (χ4v) is 0.716. The summed E-state index contributed by atoms with van der Waals surface area (Å²) in [7, 11) is 0. The molecule has 1 radical (unpaired) electrons. The van der Waals surface area contributed by atoms with Crippen LogP contribution in [-0.4, -0.2) is 16.8 Å². The van der Waals surface area contributed by atoms with E-state index in [4.69, 9.17) is 10.2 Å². The molecular formula is C8H9O2. The SMILES string of the molecule is OC[CH]c1ccc(O)cc1. The molecule has 0 atom stereocenters. The van der Waals surface area contributed by atoms with E-state index in [0.29, 0.717) is 0 Å². The van der Waals surface area contributed by atoms with Gasteiger partial charge >= 0.3 is 0 Å². The van der Waals surface area contributed by atoms with Crippen LogP contribution < -0.4 is 0 Å². The predicted octanol–water partition coefficient (Wildman–Crippen LogP) is 0.937. The standard InChI is InChI=1S/C8H9O2/c9-6-5-7-1-3-8(10)4-2-7/h1-5,9-10H,6H2. The Morgan fingerprint density at radius 3 is 2.30 bits per heavy atom. The van der Waals surface area contributed by atoms with Crippen molar-refractivity contribution in [3.05, 3.63) is 36.2 Å². The first-order valence-electron chi connectivity index (χ1n) is 3.06. The molecule has 0 bridgehead atoms. The zero-order valence-corrected chi connectivity index (χ0v) is 5.49. The van der Waals surface area contributed by atoms with Crippen LogP contribution in [0.3, 0.4) is 0 Å². The molecule has 1 aromatic carbocycles. The van der Waals surface area contributed by atoms with Crippen LogP contribution in [0.25, 0.3) is 0 Å². The molecule has 1 rings (SSSR count). The molecule has 0 aliphatic carbocycles. The fourth-order valence-electron chi connectivity index (χ4n) is 0.716. The van der Waals surface area contributed by atoms with Gasteiger partial charge < -0.3 is 10.2 Å². The van der Waals surface area contributed by atoms with Gasteiger partial charge in [0.05, 0.1) is 6.61 Å². The van der Waals surface area contributed by atoms with E-state index in [-0.39, 0.29) is 12.4 Å². The zero-order valence-electron chi connectivity index (χ0n) is 5.49. The Kier molecular flexibility index (Phi) is 2.29. The third kappa shape index (κ3) is 1.74. The average molecular weight is 137 g/mol. The highest BCUT2D eigenvalue weighted by Gasteiger charge is 1.90. The second-order valence-corrected chi connectivity index (χ2v) is 1.98. The Labute approximate surface area is 59.7 Å². The van der Waals surface area contributed by atoms with E-state index < -0.39 is 0 Å². The van der Waals surface area contributed by atoms with Gasteiger partial charge in [-0.05, 0) is 17.7 Å². The first-order valence-corrected chi connectivity index (χ1v) is 3.06. The van der Waals surface area contributed by atoms with Crippen molar-refractivity contribution in [1.29, 1.82) is 0 Å². The molecule has 0 heterocycles. The third-order valence-electron chi connectivity index (χ3n) is 1.22. The molecule has 0 fully saturated rings. The molecule has 2 nitrogen and oxygen atoms in total. The first kappa shape index (κ1) is 7.09. The maximum Gasteiger partial charge on any atom is 0.115 e. The Morgan fingerprint density at radius 2 is 1.80 bits per heavy atom. The van der Waals surface area contributed by atoms with Crippen molar-refractivity contribution >= 4 is 0 Å². The lowest BCUT2D eigenvalue weighted by atomic mass is 10.2. The summed E-state index contributed by atoms with van der Waals surface area (Å²) in [5.41, 5.74) is 0.917. The van der Waals surface area contributed by atoms with Gasteiger partial charge in [-0.1, -0.05) is 12.1 Å². The van der Waals surface area contributed by atoms with Crippen molar-refractivity contribution in [2.24, 2.45) is 0 Å². The van der Waals surface area contributed by atoms with Crippen LogP contribution in [0.2, 0.25) is 0 Å². The highest BCUT2D eigenvalue weighted by Crippen LogP contribution is 2.10. The molecule has 1 aromatic rings. The summed E-state index contributed by atoms with van der Waals surface area (Å²) < 4.78 is 0. The zero-order chi connectivity index (χ0) is 7.40. The quantitative estimate of drug-likeness (QED) is 0.636. The van der Waals surface area contributed by atoms with Crippen molar-refractivity contribution in [3.8, 4) is 5.75 Å². The Morgan fingerprint density at radius 1 is 1.20 bits per heavy atom. The van der Waals surface area contributed by atoms with Crippen molar-refractivity contribution in [1.82, 2.24) is 0 Å². The fraction of sp³-hybridized carbons (Fsp3) is 0.125. The molecule has 0 aromatic heterocycles. The van der Waals surface area contributed by atoms with Gasteiger partial charge in [-0.25, -0.2) is 0 Å². The van der Waals surface area contributed by atoms with E-state index >= 15 is 0 Å². The lowest BCUT2D eigenvalue weighted by Crippen LogP contribution is -1.85. The van der Waals surface area contributed by atoms with Crippen molar-refractivity contribution in [3.63, 3.8) is 0 Å². The second-order valence-electron chi connectivity index (χ2n) is 1.98.